The summed E-state index contributed by atoms with van der Waals surface area (Å²) in [6, 6.07) is 0. The Kier molecular flexibility index (Phi) is 2.14. The van der Waals surface area contributed by atoms with Crippen LogP contribution in [0.1, 0.15) is 17.4 Å². The van der Waals surface area contributed by atoms with Crippen LogP contribution in [-0.4, -0.2) is 26.0 Å². The van der Waals surface area contributed by atoms with Crippen molar-refractivity contribution >= 4 is 5.97 Å². The smallest absolute Gasteiger partial charge is 0.338 e. The molecule has 66 valence electrons. The molecule has 1 aromatic rings. The highest BCUT2D eigenvalue weighted by Crippen LogP contribution is 2.14. The van der Waals surface area contributed by atoms with Gasteiger partial charge in [-0.3, -0.25) is 4.68 Å². The molecule has 0 fully saturated rings. The minimum absolute atomic E-state index is 0.199. The summed E-state index contributed by atoms with van der Waals surface area (Å²) in [5, 5.41) is 21.4. The van der Waals surface area contributed by atoms with Gasteiger partial charge >= 0.3 is 5.97 Å². The van der Waals surface area contributed by atoms with Gasteiger partial charge in [-0.25, -0.2) is 4.79 Å². The number of aliphatic carboxylic acids is 1. The maximum atomic E-state index is 10.4. The van der Waals surface area contributed by atoms with Crippen molar-refractivity contribution in [2.24, 2.45) is 7.05 Å². The van der Waals surface area contributed by atoms with E-state index in [-0.39, 0.29) is 5.69 Å². The molecule has 1 heterocycles. The number of rotatable bonds is 2. The molecule has 0 bridgehead atoms. The van der Waals surface area contributed by atoms with Crippen LogP contribution in [0, 0.1) is 6.92 Å². The molecular weight excluding hydrogens is 160 g/mol. The standard InChI is InChI=1S/C7H10N2O3/c1-4-3-9(2)8-5(4)6(10)7(11)12/h3,6,10H,1-2H3,(H,11,12). The maximum Gasteiger partial charge on any atom is 0.338 e. The van der Waals surface area contributed by atoms with Gasteiger partial charge < -0.3 is 10.2 Å². The molecule has 5 nitrogen and oxygen atoms in total. The predicted molar refractivity (Wildman–Crippen MR) is 40.5 cm³/mol. The molecule has 0 amide bonds. The molecule has 12 heavy (non-hydrogen) atoms. The highest BCUT2D eigenvalue weighted by Gasteiger charge is 2.20. The van der Waals surface area contributed by atoms with E-state index < -0.39 is 12.1 Å². The minimum Gasteiger partial charge on any atom is -0.479 e. The lowest BCUT2D eigenvalue weighted by Crippen LogP contribution is -2.12. The monoisotopic (exact) mass is 170 g/mol. The second-order valence-corrected chi connectivity index (χ2v) is 2.61. The van der Waals surface area contributed by atoms with Gasteiger partial charge in [-0.05, 0) is 12.5 Å². The highest BCUT2D eigenvalue weighted by atomic mass is 16.4. The van der Waals surface area contributed by atoms with Crippen molar-refractivity contribution in [2.75, 3.05) is 0 Å². The van der Waals surface area contributed by atoms with E-state index in [2.05, 4.69) is 5.10 Å². The number of aliphatic hydroxyl groups is 1. The van der Waals surface area contributed by atoms with Crippen LogP contribution >= 0.6 is 0 Å². The Hall–Kier alpha value is -1.36. The van der Waals surface area contributed by atoms with Crippen LogP contribution in [0.3, 0.4) is 0 Å². The Morgan fingerprint density at radius 1 is 1.75 bits per heavy atom. The largest absolute Gasteiger partial charge is 0.479 e. The summed E-state index contributed by atoms with van der Waals surface area (Å²) >= 11 is 0. The van der Waals surface area contributed by atoms with E-state index in [1.807, 2.05) is 0 Å². The predicted octanol–water partition coefficient (Wildman–Crippen LogP) is -0.153. The minimum atomic E-state index is -1.52. The molecule has 0 aliphatic rings. The van der Waals surface area contributed by atoms with E-state index >= 15 is 0 Å². The fraction of sp³-hybridized carbons (Fsp3) is 0.429. The van der Waals surface area contributed by atoms with Crippen molar-refractivity contribution in [2.45, 2.75) is 13.0 Å². The zero-order chi connectivity index (χ0) is 9.30. The van der Waals surface area contributed by atoms with E-state index in [0.717, 1.165) is 0 Å². The zero-order valence-electron chi connectivity index (χ0n) is 6.85. The topological polar surface area (TPSA) is 75.3 Å². The third-order valence-corrected chi connectivity index (χ3v) is 1.54. The van der Waals surface area contributed by atoms with Crippen LogP contribution in [0.25, 0.3) is 0 Å². The summed E-state index contributed by atoms with van der Waals surface area (Å²) in [5.74, 6) is -1.28. The van der Waals surface area contributed by atoms with Gasteiger partial charge in [0.2, 0.25) is 0 Å². The zero-order valence-corrected chi connectivity index (χ0v) is 6.85. The first-order chi connectivity index (χ1) is 5.52. The van der Waals surface area contributed by atoms with Crippen molar-refractivity contribution in [1.29, 1.82) is 0 Å². The summed E-state index contributed by atoms with van der Waals surface area (Å²) < 4.78 is 1.47. The molecule has 1 atom stereocenters. The summed E-state index contributed by atoms with van der Waals surface area (Å²) in [7, 11) is 1.67. The molecule has 0 radical (unpaired) electrons. The number of hydrogen-bond acceptors (Lipinski definition) is 3. The summed E-state index contributed by atoms with van der Waals surface area (Å²) in [6.45, 7) is 1.70. The quantitative estimate of drug-likeness (QED) is 0.647. The highest BCUT2D eigenvalue weighted by molar-refractivity contribution is 5.73. The molecule has 0 aromatic carbocycles. The Morgan fingerprint density at radius 2 is 2.33 bits per heavy atom. The van der Waals surface area contributed by atoms with Gasteiger partial charge in [0.15, 0.2) is 6.10 Å². The van der Waals surface area contributed by atoms with E-state index in [0.29, 0.717) is 5.56 Å². The molecule has 2 N–H and O–H groups in total. The first kappa shape index (κ1) is 8.73. The third-order valence-electron chi connectivity index (χ3n) is 1.54. The normalized spacial score (nSPS) is 12.9. The van der Waals surface area contributed by atoms with Gasteiger partial charge in [-0.15, -0.1) is 0 Å². The van der Waals surface area contributed by atoms with E-state index in [9.17, 15) is 4.79 Å². The fourth-order valence-electron chi connectivity index (χ4n) is 1.01. The molecule has 1 rings (SSSR count). The lowest BCUT2D eigenvalue weighted by atomic mass is 10.2. The van der Waals surface area contributed by atoms with Crippen molar-refractivity contribution < 1.29 is 15.0 Å². The lowest BCUT2D eigenvalue weighted by molar-refractivity contribution is -0.147. The van der Waals surface area contributed by atoms with E-state index in [1.54, 1.807) is 20.2 Å². The number of aliphatic hydroxyl groups excluding tert-OH is 1. The molecule has 0 saturated heterocycles. The van der Waals surface area contributed by atoms with Crippen LogP contribution in [0.4, 0.5) is 0 Å². The second kappa shape index (κ2) is 2.94. The number of hydrogen-bond donors (Lipinski definition) is 2. The summed E-state index contributed by atoms with van der Waals surface area (Å²) in [4.78, 5) is 10.4. The average Bonchev–Trinajstić information content (AvgIpc) is 2.28. The average molecular weight is 170 g/mol. The molecule has 0 spiro atoms. The van der Waals surface area contributed by atoms with Crippen molar-refractivity contribution in [3.05, 3.63) is 17.5 Å². The Labute approximate surface area is 69.2 Å². The van der Waals surface area contributed by atoms with Crippen LogP contribution in [0.2, 0.25) is 0 Å². The summed E-state index contributed by atoms with van der Waals surface area (Å²) in [6.07, 6.45) is 0.132. The molecular formula is C7H10N2O3. The van der Waals surface area contributed by atoms with Crippen molar-refractivity contribution in [1.82, 2.24) is 9.78 Å². The second-order valence-electron chi connectivity index (χ2n) is 2.61. The number of carboxylic acid groups (broad SMARTS) is 1. The fourth-order valence-corrected chi connectivity index (χ4v) is 1.01. The molecule has 5 heteroatoms. The first-order valence-corrected chi connectivity index (χ1v) is 3.43. The first-order valence-electron chi connectivity index (χ1n) is 3.43. The molecule has 0 aliphatic carbocycles. The molecule has 0 saturated carbocycles. The number of carboxylic acids is 1. The van der Waals surface area contributed by atoms with Crippen molar-refractivity contribution in [3.8, 4) is 0 Å². The van der Waals surface area contributed by atoms with Crippen LogP contribution in [0.5, 0.6) is 0 Å². The van der Waals surface area contributed by atoms with Crippen LogP contribution < -0.4 is 0 Å². The SMILES string of the molecule is Cc1cn(C)nc1C(O)C(=O)O. The van der Waals surface area contributed by atoms with Gasteiger partial charge in [0.1, 0.15) is 5.69 Å². The number of carbonyl (C=O) groups is 1. The van der Waals surface area contributed by atoms with Crippen LogP contribution in [0.15, 0.2) is 6.20 Å². The van der Waals surface area contributed by atoms with Gasteiger partial charge in [0.25, 0.3) is 0 Å². The van der Waals surface area contributed by atoms with Crippen molar-refractivity contribution in [3.63, 3.8) is 0 Å². The number of aromatic nitrogens is 2. The maximum absolute atomic E-state index is 10.4. The van der Waals surface area contributed by atoms with E-state index in [1.165, 1.54) is 4.68 Å². The number of nitrogens with zero attached hydrogens (tertiary/aromatic N) is 2. The Morgan fingerprint density at radius 3 is 2.67 bits per heavy atom. The number of aryl methyl sites for hydroxylation is 2. The Balaban J connectivity index is 3.02. The van der Waals surface area contributed by atoms with Gasteiger partial charge in [-0.1, -0.05) is 0 Å². The third kappa shape index (κ3) is 1.45. The molecule has 1 unspecified atom stereocenters. The van der Waals surface area contributed by atoms with Gasteiger partial charge in [-0.2, -0.15) is 5.10 Å². The van der Waals surface area contributed by atoms with Gasteiger partial charge in [0.05, 0.1) is 0 Å². The lowest BCUT2D eigenvalue weighted by Gasteiger charge is -2.01. The molecule has 1 aromatic heterocycles. The Bertz CT molecular complexity index is 306. The van der Waals surface area contributed by atoms with Crippen LogP contribution in [-0.2, 0) is 11.8 Å². The molecule has 0 aliphatic heterocycles. The van der Waals surface area contributed by atoms with Gasteiger partial charge in [0, 0.05) is 13.2 Å². The van der Waals surface area contributed by atoms with E-state index in [4.69, 9.17) is 10.2 Å². The summed E-state index contributed by atoms with van der Waals surface area (Å²) in [5.41, 5.74) is 0.873.